The lowest BCUT2D eigenvalue weighted by Crippen LogP contribution is -2.55. The lowest BCUT2D eigenvalue weighted by atomic mass is 9.89. The number of methoxy groups -OCH3 is 2. The molecule has 0 aromatic rings. The average Bonchev–Trinajstić information content (AvgIpc) is 2.69. The van der Waals surface area contributed by atoms with Crippen molar-refractivity contribution in [1.82, 2.24) is 5.32 Å². The molecule has 0 spiro atoms. The molecule has 10 nitrogen and oxygen atoms in total. The van der Waals surface area contributed by atoms with Crippen LogP contribution < -0.4 is 5.32 Å². The Morgan fingerprint density at radius 3 is 2.09 bits per heavy atom. The van der Waals surface area contributed by atoms with Gasteiger partial charge in [-0.05, 0) is 6.92 Å². The normalized spacial score (nSPS) is 14.5. The van der Waals surface area contributed by atoms with Crippen molar-refractivity contribution in [2.75, 3.05) is 20.8 Å². The molecule has 0 radical (unpaired) electrons. The van der Waals surface area contributed by atoms with Crippen molar-refractivity contribution in [3.63, 3.8) is 0 Å². The predicted molar refractivity (Wildman–Crippen MR) is 116 cm³/mol. The second-order valence-electron chi connectivity index (χ2n) is 7.88. The number of amides is 1. The molecular formula is C19H28F3NO9SSi. The third-order valence-corrected chi connectivity index (χ3v) is 5.68. The minimum atomic E-state index is -6.17. The summed E-state index contributed by atoms with van der Waals surface area (Å²) in [6, 6.07) is 0. The summed E-state index contributed by atoms with van der Waals surface area (Å²) < 4.78 is 79.1. The van der Waals surface area contributed by atoms with Crippen LogP contribution in [0.15, 0.2) is 12.2 Å². The fourth-order valence-corrected chi connectivity index (χ4v) is 3.45. The van der Waals surface area contributed by atoms with E-state index in [4.69, 9.17) is 4.74 Å². The van der Waals surface area contributed by atoms with Crippen LogP contribution in [-0.2, 0) is 38.1 Å². The molecule has 0 aliphatic carbocycles. The van der Waals surface area contributed by atoms with Crippen molar-refractivity contribution >= 4 is 36.2 Å². The minimum absolute atomic E-state index is 0.179. The third kappa shape index (κ3) is 9.73. The van der Waals surface area contributed by atoms with E-state index in [1.165, 1.54) is 6.92 Å². The Hall–Kier alpha value is -2.57. The second kappa shape index (κ2) is 12.2. The first kappa shape index (κ1) is 31.4. The Morgan fingerprint density at radius 2 is 1.68 bits per heavy atom. The van der Waals surface area contributed by atoms with Gasteiger partial charge in [0.25, 0.3) is 0 Å². The lowest BCUT2D eigenvalue weighted by Gasteiger charge is -2.28. The van der Waals surface area contributed by atoms with E-state index < -0.39 is 66.2 Å². The topological polar surface area (TPSA) is 134 Å². The van der Waals surface area contributed by atoms with E-state index in [0.29, 0.717) is 0 Å². The van der Waals surface area contributed by atoms with E-state index in [0.717, 1.165) is 14.2 Å². The van der Waals surface area contributed by atoms with E-state index in [2.05, 4.69) is 37.0 Å². The highest BCUT2D eigenvalue weighted by Crippen LogP contribution is 2.29. The SMILES string of the molecule is C=C(CC(OS(=O)(=O)C(F)(F)F)C(=O)OCC)CC(C#C[Si](C)(C)C)(NC(=O)OC)C(=O)OC. The molecule has 1 N–H and O–H groups in total. The van der Waals surface area contributed by atoms with Gasteiger partial charge in [-0.15, -0.1) is 5.54 Å². The number of alkyl carbamates (subject to hydrolysis) is 1. The molecule has 0 aliphatic rings. The molecule has 0 fully saturated rings. The first-order chi connectivity index (χ1) is 15.3. The molecule has 34 heavy (non-hydrogen) atoms. The lowest BCUT2D eigenvalue weighted by molar-refractivity contribution is -0.152. The highest BCUT2D eigenvalue weighted by Gasteiger charge is 2.50. The van der Waals surface area contributed by atoms with Crippen LogP contribution >= 0.6 is 0 Å². The van der Waals surface area contributed by atoms with Crippen molar-refractivity contribution in [2.45, 2.75) is 56.6 Å². The molecule has 0 aromatic carbocycles. The van der Waals surface area contributed by atoms with Crippen LogP contribution in [0.1, 0.15) is 19.8 Å². The Kier molecular flexibility index (Phi) is 11.3. The number of alkyl halides is 3. The Balaban J connectivity index is 6.28. The highest BCUT2D eigenvalue weighted by molar-refractivity contribution is 7.87. The van der Waals surface area contributed by atoms with Gasteiger partial charge < -0.3 is 14.2 Å². The van der Waals surface area contributed by atoms with E-state index in [1.807, 2.05) is 19.6 Å². The monoisotopic (exact) mass is 531 g/mol. The third-order valence-electron chi connectivity index (χ3n) is 3.75. The Bertz CT molecular complexity index is 949. The Morgan fingerprint density at radius 1 is 1.12 bits per heavy atom. The molecule has 0 saturated heterocycles. The van der Waals surface area contributed by atoms with Gasteiger partial charge in [-0.1, -0.05) is 37.7 Å². The Labute approximate surface area is 197 Å². The summed E-state index contributed by atoms with van der Waals surface area (Å²) in [5.41, 5.74) is -5.20. The van der Waals surface area contributed by atoms with Gasteiger partial charge in [0.05, 0.1) is 20.8 Å². The summed E-state index contributed by atoms with van der Waals surface area (Å²) >= 11 is 0. The van der Waals surface area contributed by atoms with Crippen LogP contribution in [0.25, 0.3) is 0 Å². The number of carbonyl (C=O) groups excluding carboxylic acids is 3. The van der Waals surface area contributed by atoms with Crippen molar-refractivity contribution in [1.29, 1.82) is 0 Å². The van der Waals surface area contributed by atoms with Crippen LogP contribution in [0.2, 0.25) is 19.6 Å². The van der Waals surface area contributed by atoms with Gasteiger partial charge in [0.15, 0.2) is 6.10 Å². The zero-order chi connectivity index (χ0) is 27.0. The molecule has 0 rings (SSSR count). The maximum Gasteiger partial charge on any atom is 0.523 e. The quantitative estimate of drug-likeness (QED) is 0.0857. The summed E-state index contributed by atoms with van der Waals surface area (Å²) in [6.45, 7) is 10.2. The molecule has 0 aliphatic heterocycles. The van der Waals surface area contributed by atoms with Crippen molar-refractivity contribution in [3.05, 3.63) is 12.2 Å². The molecule has 15 heteroatoms. The van der Waals surface area contributed by atoms with Gasteiger partial charge in [-0.3, -0.25) is 5.32 Å². The van der Waals surface area contributed by atoms with Gasteiger partial charge >= 0.3 is 33.7 Å². The standard InChI is InChI=1S/C19H28F3NO9SSi/c1-8-31-15(24)14(32-33(27,28)19(20,21)22)11-13(2)12-18(16(25)29-3,23-17(26)30-4)9-10-34(5,6)7/h14H,2,8,11-12H2,1,3-7H3,(H,23,26). The maximum absolute atomic E-state index is 12.8. The molecule has 0 aromatic heterocycles. The van der Waals surface area contributed by atoms with Crippen LogP contribution in [0.5, 0.6) is 0 Å². The summed E-state index contributed by atoms with van der Waals surface area (Å²) in [5, 5.41) is 2.23. The van der Waals surface area contributed by atoms with Gasteiger partial charge in [-0.25, -0.2) is 18.6 Å². The van der Waals surface area contributed by atoms with E-state index in [1.54, 1.807) is 0 Å². The molecule has 2 unspecified atom stereocenters. The van der Waals surface area contributed by atoms with Gasteiger partial charge in [-0.2, -0.15) is 21.6 Å². The van der Waals surface area contributed by atoms with Crippen LogP contribution in [0.3, 0.4) is 0 Å². The molecule has 0 bridgehead atoms. The fraction of sp³-hybridized carbons (Fsp3) is 0.632. The minimum Gasteiger partial charge on any atom is -0.467 e. The van der Waals surface area contributed by atoms with Crippen LogP contribution in [0, 0.1) is 11.5 Å². The van der Waals surface area contributed by atoms with Crippen molar-refractivity contribution < 1.29 is 54.4 Å². The summed E-state index contributed by atoms with van der Waals surface area (Å²) in [6.07, 6.45) is -4.74. The number of ether oxygens (including phenoxy) is 3. The number of rotatable bonds is 10. The number of esters is 2. The largest absolute Gasteiger partial charge is 0.523 e. The van der Waals surface area contributed by atoms with Gasteiger partial charge in [0.1, 0.15) is 8.07 Å². The second-order valence-corrected chi connectivity index (χ2v) is 14.2. The number of nitrogens with one attached hydrogen (secondary N) is 1. The predicted octanol–water partition coefficient (Wildman–Crippen LogP) is 2.27. The first-order valence-corrected chi connectivity index (χ1v) is 14.6. The van der Waals surface area contributed by atoms with Crippen molar-refractivity contribution in [3.8, 4) is 11.5 Å². The van der Waals surface area contributed by atoms with E-state index >= 15 is 0 Å². The number of hydrogen-bond acceptors (Lipinski definition) is 9. The zero-order valence-electron chi connectivity index (χ0n) is 19.6. The maximum atomic E-state index is 12.8. The molecule has 194 valence electrons. The molecule has 0 heterocycles. The first-order valence-electron chi connectivity index (χ1n) is 9.65. The fourth-order valence-electron chi connectivity index (χ4n) is 2.30. The number of hydrogen-bond donors (Lipinski definition) is 1. The number of carbonyl (C=O) groups is 3. The number of halogens is 3. The average molecular weight is 532 g/mol. The van der Waals surface area contributed by atoms with Crippen molar-refractivity contribution in [2.24, 2.45) is 0 Å². The van der Waals surface area contributed by atoms with Crippen LogP contribution in [-0.4, -0.2) is 72.5 Å². The molecule has 0 saturated carbocycles. The highest BCUT2D eigenvalue weighted by atomic mass is 32.2. The zero-order valence-corrected chi connectivity index (χ0v) is 21.4. The van der Waals surface area contributed by atoms with E-state index in [-0.39, 0.29) is 12.2 Å². The smallest absolute Gasteiger partial charge is 0.467 e. The summed E-state index contributed by atoms with van der Waals surface area (Å²) in [7, 11) is -6.29. The van der Waals surface area contributed by atoms with Crippen LogP contribution in [0.4, 0.5) is 18.0 Å². The van der Waals surface area contributed by atoms with Gasteiger partial charge in [0.2, 0.25) is 5.54 Å². The van der Waals surface area contributed by atoms with Gasteiger partial charge in [0, 0.05) is 12.8 Å². The molecular weight excluding hydrogens is 503 g/mol. The van der Waals surface area contributed by atoms with E-state index in [9.17, 15) is 36.0 Å². The summed E-state index contributed by atoms with van der Waals surface area (Å²) in [5.74, 6) is 0.167. The molecule has 2 atom stereocenters. The summed E-state index contributed by atoms with van der Waals surface area (Å²) in [4.78, 5) is 36.7. The molecule has 1 amide bonds.